The molecule has 5 aromatic carbocycles. The van der Waals surface area contributed by atoms with Gasteiger partial charge >= 0.3 is 0 Å². The number of rotatable bonds is 4. The Labute approximate surface area is 268 Å². The molecule has 3 nitrogen and oxygen atoms in total. The Hall–Kier alpha value is -5.53. The Morgan fingerprint density at radius 1 is 0.674 bits per heavy atom. The van der Waals surface area contributed by atoms with Crippen molar-refractivity contribution in [3.05, 3.63) is 138 Å². The van der Waals surface area contributed by atoms with Gasteiger partial charge in [0.1, 0.15) is 24.0 Å². The molecule has 0 saturated heterocycles. The quantitative estimate of drug-likeness (QED) is 0.188. The highest BCUT2D eigenvalue weighted by Gasteiger charge is 2.28. The summed E-state index contributed by atoms with van der Waals surface area (Å²) in [7, 11) is 1.95. The largest absolute Gasteiger partial charge is 0.454 e. The van der Waals surface area contributed by atoms with Crippen molar-refractivity contribution < 1.29 is 13.4 Å². The lowest BCUT2D eigenvalue weighted by atomic mass is 9.87. The molecule has 0 aliphatic carbocycles. The van der Waals surface area contributed by atoms with E-state index in [1.165, 1.54) is 11.1 Å². The SMILES string of the molecule is Cc1ccc2c(oc3c(-c4ccc(-c5ccc(-c6ccccc6)cc5)cc4)c(C#N)ccc32)c1-c1cc(F)c(C(C)(C)C)c[n+]1C. The van der Waals surface area contributed by atoms with Gasteiger partial charge in [-0.1, -0.05) is 112 Å². The van der Waals surface area contributed by atoms with Crippen LogP contribution in [0.5, 0.6) is 0 Å². The molecule has 0 aliphatic rings. The van der Waals surface area contributed by atoms with Gasteiger partial charge in [-0.3, -0.25) is 0 Å². The number of aryl methyl sites for hydroxylation is 2. The Morgan fingerprint density at radius 3 is 1.76 bits per heavy atom. The lowest BCUT2D eigenvalue weighted by Gasteiger charge is -2.18. The van der Waals surface area contributed by atoms with Gasteiger partial charge in [-0.05, 0) is 57.9 Å². The fourth-order valence-corrected chi connectivity index (χ4v) is 6.44. The second kappa shape index (κ2) is 11.1. The molecule has 46 heavy (non-hydrogen) atoms. The van der Waals surface area contributed by atoms with Crippen molar-refractivity contribution in [2.75, 3.05) is 0 Å². The van der Waals surface area contributed by atoms with Gasteiger partial charge in [-0.2, -0.15) is 5.26 Å². The summed E-state index contributed by atoms with van der Waals surface area (Å²) in [6.45, 7) is 8.06. The van der Waals surface area contributed by atoms with E-state index in [1.807, 2.05) is 75.8 Å². The maximum absolute atomic E-state index is 15.5. The third-order valence-electron chi connectivity index (χ3n) is 8.93. The van der Waals surface area contributed by atoms with Gasteiger partial charge in [0, 0.05) is 22.4 Å². The maximum atomic E-state index is 15.5. The predicted octanol–water partition coefficient (Wildman–Crippen LogP) is 10.7. The molecule has 224 valence electrons. The van der Waals surface area contributed by atoms with Gasteiger partial charge in [-0.15, -0.1) is 0 Å². The highest BCUT2D eigenvalue weighted by molar-refractivity contribution is 6.14. The zero-order valence-corrected chi connectivity index (χ0v) is 26.7. The molecule has 0 spiro atoms. The summed E-state index contributed by atoms with van der Waals surface area (Å²) < 4.78 is 24.2. The molecule has 0 atom stereocenters. The van der Waals surface area contributed by atoms with Gasteiger partial charge in [-0.25, -0.2) is 8.96 Å². The average Bonchev–Trinajstić information content (AvgIpc) is 3.44. The standard InChI is InChI=1S/C42H34FN2O/c1-26-11-21-33-34-22-20-32(24-44)39(41(34)46-40(33)38(26)37-23-36(43)35(25-45(37)5)42(2,3)4)31-18-16-30(17-19-31)29-14-12-28(13-15-29)27-9-7-6-8-10-27/h6-23,25H,1-5H3/q+1. The van der Waals surface area contributed by atoms with Gasteiger partial charge < -0.3 is 4.42 Å². The predicted molar refractivity (Wildman–Crippen MR) is 185 cm³/mol. The summed E-state index contributed by atoms with van der Waals surface area (Å²) in [4.78, 5) is 0. The summed E-state index contributed by atoms with van der Waals surface area (Å²) in [5.41, 5.74) is 11.0. The molecule has 7 aromatic rings. The van der Waals surface area contributed by atoms with E-state index in [-0.39, 0.29) is 11.2 Å². The van der Waals surface area contributed by atoms with Crippen LogP contribution in [0.1, 0.15) is 37.5 Å². The van der Waals surface area contributed by atoms with Crippen molar-refractivity contribution in [1.82, 2.24) is 0 Å². The highest BCUT2D eigenvalue weighted by Crippen LogP contribution is 2.42. The Bertz CT molecular complexity index is 2300. The van der Waals surface area contributed by atoms with E-state index in [0.29, 0.717) is 22.3 Å². The maximum Gasteiger partial charge on any atom is 0.219 e. The number of furan rings is 1. The van der Waals surface area contributed by atoms with Crippen LogP contribution in [0.4, 0.5) is 4.39 Å². The van der Waals surface area contributed by atoms with Crippen LogP contribution in [-0.2, 0) is 12.5 Å². The number of fused-ring (bicyclic) bond motifs is 3. The van der Waals surface area contributed by atoms with Crippen molar-refractivity contribution in [2.24, 2.45) is 7.05 Å². The van der Waals surface area contributed by atoms with E-state index in [0.717, 1.165) is 49.8 Å². The van der Waals surface area contributed by atoms with E-state index < -0.39 is 0 Å². The Morgan fingerprint density at radius 2 is 1.20 bits per heavy atom. The molecule has 0 saturated carbocycles. The molecule has 4 heteroatoms. The molecule has 0 unspecified atom stereocenters. The summed E-state index contributed by atoms with van der Waals surface area (Å²) in [5, 5.41) is 12.0. The van der Waals surface area contributed by atoms with Crippen LogP contribution >= 0.6 is 0 Å². The van der Waals surface area contributed by atoms with Gasteiger partial charge in [0.05, 0.1) is 22.8 Å². The number of halogens is 1. The van der Waals surface area contributed by atoms with E-state index in [1.54, 1.807) is 6.07 Å². The van der Waals surface area contributed by atoms with Crippen molar-refractivity contribution in [3.8, 4) is 50.7 Å². The number of aromatic nitrogens is 1. The summed E-state index contributed by atoms with van der Waals surface area (Å²) >= 11 is 0. The van der Waals surface area contributed by atoms with Gasteiger partial charge in [0.25, 0.3) is 0 Å². The van der Waals surface area contributed by atoms with Crippen LogP contribution in [-0.4, -0.2) is 0 Å². The number of hydrogen-bond donors (Lipinski definition) is 0. The fourth-order valence-electron chi connectivity index (χ4n) is 6.44. The highest BCUT2D eigenvalue weighted by atomic mass is 19.1. The molecule has 0 aliphatic heterocycles. The number of pyridine rings is 1. The van der Waals surface area contributed by atoms with Crippen molar-refractivity contribution in [2.45, 2.75) is 33.1 Å². The molecule has 0 amide bonds. The first-order chi connectivity index (χ1) is 22.1. The summed E-state index contributed by atoms with van der Waals surface area (Å²) in [6, 6.07) is 39.1. The van der Waals surface area contributed by atoms with E-state index in [4.69, 9.17) is 4.42 Å². The van der Waals surface area contributed by atoms with Crippen molar-refractivity contribution in [3.63, 3.8) is 0 Å². The average molecular weight is 602 g/mol. The van der Waals surface area contributed by atoms with Gasteiger partial charge in [0.15, 0.2) is 6.20 Å². The van der Waals surface area contributed by atoms with Crippen LogP contribution in [0.25, 0.3) is 66.6 Å². The zero-order valence-electron chi connectivity index (χ0n) is 26.7. The van der Waals surface area contributed by atoms with Crippen molar-refractivity contribution >= 4 is 21.9 Å². The third-order valence-corrected chi connectivity index (χ3v) is 8.93. The molecule has 0 radical (unpaired) electrons. The molecule has 0 fully saturated rings. The molecule has 0 bridgehead atoms. The van der Waals surface area contributed by atoms with Gasteiger partial charge in [0.2, 0.25) is 5.69 Å². The van der Waals surface area contributed by atoms with Crippen LogP contribution in [0.2, 0.25) is 0 Å². The Kier molecular flexibility index (Phi) is 7.06. The monoisotopic (exact) mass is 601 g/mol. The topological polar surface area (TPSA) is 40.8 Å². The molecule has 2 heterocycles. The first kappa shape index (κ1) is 29.2. The van der Waals surface area contributed by atoms with E-state index in [2.05, 4.69) is 78.9 Å². The number of nitrogens with zero attached hydrogens (tertiary/aromatic N) is 2. The van der Waals surface area contributed by atoms with E-state index >= 15 is 4.39 Å². The first-order valence-electron chi connectivity index (χ1n) is 15.5. The summed E-state index contributed by atoms with van der Waals surface area (Å²) in [6.07, 6.45) is 1.88. The van der Waals surface area contributed by atoms with E-state index in [9.17, 15) is 5.26 Å². The minimum absolute atomic E-state index is 0.240. The lowest BCUT2D eigenvalue weighted by molar-refractivity contribution is -0.661. The normalized spacial score (nSPS) is 11.7. The molecule has 7 rings (SSSR count). The van der Waals surface area contributed by atoms with Crippen LogP contribution in [0.3, 0.4) is 0 Å². The number of hydrogen-bond acceptors (Lipinski definition) is 2. The number of benzene rings is 5. The van der Waals surface area contributed by atoms with Crippen LogP contribution < -0.4 is 4.57 Å². The molecule has 0 N–H and O–H groups in total. The summed E-state index contributed by atoms with van der Waals surface area (Å²) in [5.74, 6) is -0.240. The minimum Gasteiger partial charge on any atom is -0.454 e. The van der Waals surface area contributed by atoms with Crippen molar-refractivity contribution in [1.29, 1.82) is 5.26 Å². The lowest BCUT2D eigenvalue weighted by Crippen LogP contribution is -2.34. The zero-order chi connectivity index (χ0) is 32.2. The second-order valence-electron chi connectivity index (χ2n) is 13.0. The Balaban J connectivity index is 1.35. The first-order valence-corrected chi connectivity index (χ1v) is 15.5. The second-order valence-corrected chi connectivity index (χ2v) is 13.0. The van der Waals surface area contributed by atoms with Crippen LogP contribution in [0.15, 0.2) is 120 Å². The fraction of sp³-hybridized carbons (Fsp3) is 0.143. The minimum atomic E-state index is -0.329. The number of nitriles is 1. The molecular formula is C42H34FN2O+. The third kappa shape index (κ3) is 4.95. The van der Waals surface area contributed by atoms with Crippen LogP contribution in [0, 0.1) is 24.1 Å². The molecular weight excluding hydrogens is 567 g/mol. The smallest absolute Gasteiger partial charge is 0.219 e. The molecule has 2 aromatic heterocycles.